The Kier molecular flexibility index (Phi) is 2.73. The van der Waals surface area contributed by atoms with Gasteiger partial charge in [-0.2, -0.15) is 0 Å². The highest BCUT2D eigenvalue weighted by Gasteiger charge is 2.30. The first-order valence-corrected chi connectivity index (χ1v) is 6.27. The van der Waals surface area contributed by atoms with Crippen molar-refractivity contribution in [2.24, 2.45) is 5.41 Å². The van der Waals surface area contributed by atoms with Crippen molar-refractivity contribution >= 4 is 5.69 Å². The fourth-order valence-corrected chi connectivity index (χ4v) is 2.26. The van der Waals surface area contributed by atoms with Crippen molar-refractivity contribution in [3.63, 3.8) is 0 Å². The van der Waals surface area contributed by atoms with Crippen molar-refractivity contribution in [1.29, 1.82) is 0 Å². The molecular weight excluding hydrogens is 194 g/mol. The lowest BCUT2D eigenvalue weighted by molar-refractivity contribution is 0.347. The topological polar surface area (TPSA) is 12.0 Å². The van der Waals surface area contributed by atoms with Crippen LogP contribution in [-0.2, 0) is 6.42 Å². The summed E-state index contributed by atoms with van der Waals surface area (Å²) in [6.07, 6.45) is 1.17. The molecular formula is C15H23N. The van der Waals surface area contributed by atoms with Gasteiger partial charge < -0.3 is 5.32 Å². The highest BCUT2D eigenvalue weighted by atomic mass is 15.0. The van der Waals surface area contributed by atoms with Crippen LogP contribution in [0.15, 0.2) is 18.2 Å². The monoisotopic (exact) mass is 217 g/mol. The van der Waals surface area contributed by atoms with Gasteiger partial charge in [-0.3, -0.25) is 0 Å². The average molecular weight is 217 g/mol. The lowest BCUT2D eigenvalue weighted by Crippen LogP contribution is -2.31. The standard InChI is InChI=1S/C15H23N/c1-10(2)11-6-7-13-12(8-11)9-14(16-13)15(3,4)5/h6-8,10,14,16H,9H2,1-5H3. The highest BCUT2D eigenvalue weighted by Crippen LogP contribution is 2.35. The maximum atomic E-state index is 3.64. The molecule has 0 spiro atoms. The number of hydrogen-bond donors (Lipinski definition) is 1. The third kappa shape index (κ3) is 2.09. The van der Waals surface area contributed by atoms with Gasteiger partial charge in [-0.15, -0.1) is 0 Å². The fraction of sp³-hybridized carbons (Fsp3) is 0.600. The van der Waals surface area contributed by atoms with E-state index in [2.05, 4.69) is 58.1 Å². The van der Waals surface area contributed by atoms with E-state index in [1.54, 1.807) is 0 Å². The predicted molar refractivity (Wildman–Crippen MR) is 71.1 cm³/mol. The van der Waals surface area contributed by atoms with Crippen LogP contribution in [0.3, 0.4) is 0 Å². The summed E-state index contributed by atoms with van der Waals surface area (Å²) in [7, 11) is 0. The molecule has 1 aromatic rings. The summed E-state index contributed by atoms with van der Waals surface area (Å²) in [6.45, 7) is 11.4. The lowest BCUT2D eigenvalue weighted by Gasteiger charge is -2.27. The van der Waals surface area contributed by atoms with Gasteiger partial charge in [-0.25, -0.2) is 0 Å². The van der Waals surface area contributed by atoms with Crippen LogP contribution in [0.2, 0.25) is 0 Å². The molecule has 0 fully saturated rings. The maximum Gasteiger partial charge on any atom is 0.0376 e. The first kappa shape index (κ1) is 11.5. The summed E-state index contributed by atoms with van der Waals surface area (Å²) in [4.78, 5) is 0. The van der Waals surface area contributed by atoms with Gasteiger partial charge in [-0.1, -0.05) is 46.8 Å². The van der Waals surface area contributed by atoms with E-state index in [-0.39, 0.29) is 0 Å². The first-order valence-electron chi connectivity index (χ1n) is 6.27. The molecule has 0 saturated carbocycles. The van der Waals surface area contributed by atoms with E-state index in [1.165, 1.54) is 23.2 Å². The molecule has 0 radical (unpaired) electrons. The Hall–Kier alpha value is -0.980. The molecule has 0 bridgehead atoms. The number of rotatable bonds is 1. The van der Waals surface area contributed by atoms with E-state index >= 15 is 0 Å². The largest absolute Gasteiger partial charge is 0.381 e. The lowest BCUT2D eigenvalue weighted by atomic mass is 9.85. The van der Waals surface area contributed by atoms with Gasteiger partial charge in [0.15, 0.2) is 0 Å². The first-order chi connectivity index (χ1) is 7.38. The van der Waals surface area contributed by atoms with Gasteiger partial charge in [0.25, 0.3) is 0 Å². The molecule has 88 valence electrons. The van der Waals surface area contributed by atoms with Crippen LogP contribution in [0.4, 0.5) is 5.69 Å². The van der Waals surface area contributed by atoms with Crippen LogP contribution in [0.1, 0.15) is 51.7 Å². The van der Waals surface area contributed by atoms with Crippen LogP contribution < -0.4 is 5.32 Å². The van der Waals surface area contributed by atoms with Gasteiger partial charge >= 0.3 is 0 Å². The Morgan fingerprint density at radius 1 is 1.25 bits per heavy atom. The Bertz CT molecular complexity index is 385. The molecule has 1 aromatic carbocycles. The number of anilines is 1. The van der Waals surface area contributed by atoms with Gasteiger partial charge in [-0.05, 0) is 34.9 Å². The second-order valence-electron chi connectivity index (χ2n) is 6.34. The molecule has 1 aliphatic rings. The van der Waals surface area contributed by atoms with Crippen LogP contribution >= 0.6 is 0 Å². The smallest absolute Gasteiger partial charge is 0.0376 e. The van der Waals surface area contributed by atoms with E-state index in [9.17, 15) is 0 Å². The summed E-state index contributed by atoms with van der Waals surface area (Å²) in [5, 5.41) is 3.64. The second kappa shape index (κ2) is 3.80. The minimum atomic E-state index is 0.330. The quantitative estimate of drug-likeness (QED) is 0.743. The zero-order chi connectivity index (χ0) is 11.9. The van der Waals surface area contributed by atoms with E-state index in [1.807, 2.05) is 0 Å². The SMILES string of the molecule is CC(C)c1ccc2c(c1)CC(C(C)(C)C)N2. The minimum absolute atomic E-state index is 0.330. The van der Waals surface area contributed by atoms with Crippen LogP contribution in [0.5, 0.6) is 0 Å². The molecule has 1 aliphatic heterocycles. The Balaban J connectivity index is 2.25. The van der Waals surface area contributed by atoms with E-state index in [0.29, 0.717) is 17.4 Å². The number of nitrogens with one attached hydrogen (secondary N) is 1. The highest BCUT2D eigenvalue weighted by molar-refractivity contribution is 5.58. The Morgan fingerprint density at radius 3 is 2.50 bits per heavy atom. The van der Waals surface area contributed by atoms with Gasteiger partial charge in [0.05, 0.1) is 0 Å². The molecule has 0 aliphatic carbocycles. The third-order valence-electron chi connectivity index (χ3n) is 3.60. The number of benzene rings is 1. The van der Waals surface area contributed by atoms with Crippen LogP contribution in [0, 0.1) is 5.41 Å². The van der Waals surface area contributed by atoms with Crippen LogP contribution in [-0.4, -0.2) is 6.04 Å². The van der Waals surface area contributed by atoms with Crippen molar-refractivity contribution < 1.29 is 0 Å². The normalized spacial score (nSPS) is 19.8. The summed E-state index contributed by atoms with van der Waals surface area (Å²) < 4.78 is 0. The van der Waals surface area contributed by atoms with E-state index in [0.717, 1.165) is 0 Å². The van der Waals surface area contributed by atoms with Gasteiger partial charge in [0.1, 0.15) is 0 Å². The third-order valence-corrected chi connectivity index (χ3v) is 3.60. The van der Waals surface area contributed by atoms with Crippen molar-refractivity contribution in [1.82, 2.24) is 0 Å². The molecule has 0 amide bonds. The predicted octanol–water partition coefficient (Wildman–Crippen LogP) is 4.19. The minimum Gasteiger partial charge on any atom is -0.381 e. The van der Waals surface area contributed by atoms with Gasteiger partial charge in [0.2, 0.25) is 0 Å². The molecule has 1 unspecified atom stereocenters. The molecule has 1 N–H and O–H groups in total. The Labute approximate surface area is 99.3 Å². The maximum absolute atomic E-state index is 3.64. The summed E-state index contributed by atoms with van der Waals surface area (Å²) >= 11 is 0. The van der Waals surface area contributed by atoms with Crippen molar-refractivity contribution in [3.05, 3.63) is 29.3 Å². The summed E-state index contributed by atoms with van der Waals surface area (Å²) in [5.74, 6) is 0.624. The number of hydrogen-bond acceptors (Lipinski definition) is 1. The average Bonchev–Trinajstić information content (AvgIpc) is 2.58. The van der Waals surface area contributed by atoms with E-state index in [4.69, 9.17) is 0 Å². The van der Waals surface area contributed by atoms with Crippen molar-refractivity contribution in [2.45, 2.75) is 53.0 Å². The molecule has 1 heteroatoms. The van der Waals surface area contributed by atoms with Crippen molar-refractivity contribution in [3.8, 4) is 0 Å². The molecule has 1 nitrogen and oxygen atoms in total. The second-order valence-corrected chi connectivity index (χ2v) is 6.34. The molecule has 2 rings (SSSR count). The Morgan fingerprint density at radius 2 is 1.94 bits per heavy atom. The number of fused-ring (bicyclic) bond motifs is 1. The summed E-state index contributed by atoms with van der Waals surface area (Å²) in [5.41, 5.74) is 4.61. The molecule has 1 atom stereocenters. The molecule has 0 aromatic heterocycles. The van der Waals surface area contributed by atoms with E-state index < -0.39 is 0 Å². The molecule has 1 heterocycles. The van der Waals surface area contributed by atoms with Crippen LogP contribution in [0.25, 0.3) is 0 Å². The molecule has 0 saturated heterocycles. The summed E-state index contributed by atoms with van der Waals surface area (Å²) in [6, 6.07) is 7.45. The zero-order valence-electron chi connectivity index (χ0n) is 11.1. The fourth-order valence-electron chi connectivity index (χ4n) is 2.26. The van der Waals surface area contributed by atoms with Crippen molar-refractivity contribution in [2.75, 3.05) is 5.32 Å². The zero-order valence-corrected chi connectivity index (χ0v) is 11.1. The van der Waals surface area contributed by atoms with Gasteiger partial charge in [0, 0.05) is 11.7 Å². The molecule has 16 heavy (non-hydrogen) atoms.